The van der Waals surface area contributed by atoms with Crippen molar-refractivity contribution < 1.29 is 18.7 Å². The second-order valence-corrected chi connectivity index (χ2v) is 8.26. The number of hydrogen-bond donors (Lipinski definition) is 1. The van der Waals surface area contributed by atoms with Gasteiger partial charge in [-0.05, 0) is 55.0 Å². The molecule has 1 atom stereocenters. The summed E-state index contributed by atoms with van der Waals surface area (Å²) in [6.45, 7) is 0.919. The molecule has 4 rings (SSSR count). The highest BCUT2D eigenvalue weighted by Gasteiger charge is 2.32. The number of carbonyl (C=O) groups excluding carboxylic acids is 1. The minimum absolute atomic E-state index is 0.0672. The summed E-state index contributed by atoms with van der Waals surface area (Å²) in [5, 5.41) is 18.9. The third kappa shape index (κ3) is 4.76. The number of carbonyl (C=O) groups is 1. The van der Waals surface area contributed by atoms with Crippen LogP contribution in [0.15, 0.2) is 60.7 Å². The van der Waals surface area contributed by atoms with Crippen molar-refractivity contribution in [3.63, 3.8) is 0 Å². The van der Waals surface area contributed by atoms with Crippen LogP contribution in [-0.4, -0.2) is 35.0 Å². The van der Waals surface area contributed by atoms with Gasteiger partial charge in [0.15, 0.2) is 11.6 Å². The van der Waals surface area contributed by atoms with Crippen LogP contribution < -0.4 is 4.90 Å². The highest BCUT2D eigenvalue weighted by atomic mass is 35.5. The molecule has 1 aliphatic rings. The number of halogens is 3. The quantitative estimate of drug-likeness (QED) is 0.565. The Morgan fingerprint density at radius 2 is 1.94 bits per heavy atom. The van der Waals surface area contributed by atoms with Crippen molar-refractivity contribution >= 4 is 23.2 Å². The highest BCUT2D eigenvalue weighted by Crippen LogP contribution is 2.30. The van der Waals surface area contributed by atoms with Crippen molar-refractivity contribution in [2.24, 2.45) is 0 Å². The molecule has 3 aromatic carbocycles. The average Bonchev–Trinajstić information content (AvgIpc) is 3.30. The molecule has 0 aromatic heterocycles. The lowest BCUT2D eigenvalue weighted by atomic mass is 10.1. The summed E-state index contributed by atoms with van der Waals surface area (Å²) in [6.07, 6.45) is 0.610. The molecule has 0 saturated carbocycles. The molecule has 3 aromatic rings. The highest BCUT2D eigenvalue weighted by molar-refractivity contribution is 6.32. The predicted octanol–water partition coefficient (Wildman–Crippen LogP) is 5.12. The summed E-state index contributed by atoms with van der Waals surface area (Å²) in [6, 6.07) is 16.8. The first-order chi connectivity index (χ1) is 15.9. The number of phenolic OH excluding ortho intramolecular Hbond substituents is 1. The van der Waals surface area contributed by atoms with E-state index in [1.165, 1.54) is 24.3 Å². The van der Waals surface area contributed by atoms with Gasteiger partial charge in [-0.2, -0.15) is 5.26 Å². The Labute approximate surface area is 195 Å². The zero-order chi connectivity index (χ0) is 23.5. The van der Waals surface area contributed by atoms with Gasteiger partial charge >= 0.3 is 0 Å². The predicted molar refractivity (Wildman–Crippen MR) is 121 cm³/mol. The summed E-state index contributed by atoms with van der Waals surface area (Å²) < 4.78 is 28.3. The van der Waals surface area contributed by atoms with Crippen LogP contribution in [0.1, 0.15) is 27.9 Å². The van der Waals surface area contributed by atoms with Crippen LogP contribution in [0.5, 0.6) is 5.75 Å². The molecule has 1 saturated heterocycles. The van der Waals surface area contributed by atoms with E-state index in [1.807, 2.05) is 11.0 Å². The first-order valence-electron chi connectivity index (χ1n) is 10.3. The second kappa shape index (κ2) is 9.47. The summed E-state index contributed by atoms with van der Waals surface area (Å²) in [5.41, 5.74) is 1.59. The molecular formula is C25H20ClF2N3O2. The van der Waals surface area contributed by atoms with Crippen molar-refractivity contribution in [3.8, 4) is 11.8 Å². The molecule has 1 N–H and O–H groups in total. The van der Waals surface area contributed by atoms with Gasteiger partial charge in [0.25, 0.3) is 5.91 Å². The van der Waals surface area contributed by atoms with Crippen LogP contribution in [0.3, 0.4) is 0 Å². The Morgan fingerprint density at radius 3 is 2.64 bits per heavy atom. The fourth-order valence-electron chi connectivity index (χ4n) is 4.03. The zero-order valence-corrected chi connectivity index (χ0v) is 18.3. The van der Waals surface area contributed by atoms with E-state index in [-0.39, 0.29) is 34.8 Å². The first kappa shape index (κ1) is 22.6. The minimum Gasteiger partial charge on any atom is -0.508 e. The van der Waals surface area contributed by atoms with E-state index in [4.69, 9.17) is 11.6 Å². The van der Waals surface area contributed by atoms with Crippen LogP contribution in [-0.2, 0) is 6.54 Å². The number of nitrogens with zero attached hydrogens (tertiary/aromatic N) is 3. The molecule has 0 bridgehead atoms. The number of phenols is 1. The lowest BCUT2D eigenvalue weighted by molar-refractivity contribution is 0.0790. The smallest absolute Gasteiger partial charge is 0.253 e. The molecule has 168 valence electrons. The first-order valence-corrected chi connectivity index (χ1v) is 10.7. The number of anilines is 1. The van der Waals surface area contributed by atoms with Crippen LogP contribution in [0.2, 0.25) is 5.02 Å². The largest absolute Gasteiger partial charge is 0.508 e. The van der Waals surface area contributed by atoms with Crippen molar-refractivity contribution in [2.45, 2.75) is 19.0 Å². The van der Waals surface area contributed by atoms with Crippen LogP contribution in [0.25, 0.3) is 0 Å². The normalized spacial score (nSPS) is 15.3. The van der Waals surface area contributed by atoms with E-state index in [2.05, 4.69) is 0 Å². The second-order valence-electron chi connectivity index (χ2n) is 7.86. The molecule has 1 unspecified atom stereocenters. The average molecular weight is 468 g/mol. The third-order valence-electron chi connectivity index (χ3n) is 5.78. The van der Waals surface area contributed by atoms with Gasteiger partial charge in [0, 0.05) is 42.5 Å². The Hall–Kier alpha value is -3.63. The van der Waals surface area contributed by atoms with Gasteiger partial charge in [0.1, 0.15) is 11.8 Å². The molecule has 0 spiro atoms. The Bertz CT molecular complexity index is 1230. The van der Waals surface area contributed by atoms with Crippen molar-refractivity contribution in [1.29, 1.82) is 5.26 Å². The monoisotopic (exact) mass is 467 g/mol. The molecule has 8 heteroatoms. The molecule has 33 heavy (non-hydrogen) atoms. The Morgan fingerprint density at radius 1 is 1.18 bits per heavy atom. The van der Waals surface area contributed by atoms with Crippen LogP contribution >= 0.6 is 11.6 Å². The van der Waals surface area contributed by atoms with E-state index >= 15 is 0 Å². The molecule has 0 aliphatic carbocycles. The third-order valence-corrected chi connectivity index (χ3v) is 6.10. The zero-order valence-electron chi connectivity index (χ0n) is 17.5. The molecule has 1 amide bonds. The Kier molecular flexibility index (Phi) is 6.47. The summed E-state index contributed by atoms with van der Waals surface area (Å²) in [5.74, 6) is -1.95. The van der Waals surface area contributed by atoms with Gasteiger partial charge < -0.3 is 14.9 Å². The summed E-state index contributed by atoms with van der Waals surface area (Å²) in [4.78, 5) is 16.5. The van der Waals surface area contributed by atoms with Crippen molar-refractivity contribution in [1.82, 2.24) is 4.90 Å². The van der Waals surface area contributed by atoms with Gasteiger partial charge in [-0.1, -0.05) is 23.7 Å². The standard InChI is InChI=1S/C25H20ClF2N3O2/c26-22-12-19(7-4-17(22)13-29)31(14-18-2-1-3-23(27)24(18)28)20-10-11-30(15-20)25(33)16-5-8-21(32)9-6-16/h1-9,12,20,32H,10-11,14-15H2. The van der Waals surface area contributed by atoms with Crippen LogP contribution in [0, 0.1) is 23.0 Å². The summed E-state index contributed by atoms with van der Waals surface area (Å²) in [7, 11) is 0. The maximum absolute atomic E-state index is 14.5. The Balaban J connectivity index is 1.62. The fraction of sp³-hybridized carbons (Fsp3) is 0.200. The maximum Gasteiger partial charge on any atom is 0.253 e. The molecule has 1 aliphatic heterocycles. The lowest BCUT2D eigenvalue weighted by Crippen LogP contribution is -2.39. The number of likely N-dealkylation sites (tertiary alicyclic amines) is 1. The molecule has 1 heterocycles. The number of amides is 1. The number of rotatable bonds is 5. The number of aromatic hydroxyl groups is 1. The van der Waals surface area contributed by atoms with Gasteiger partial charge in [-0.25, -0.2) is 8.78 Å². The van der Waals surface area contributed by atoms with Gasteiger partial charge in [-0.15, -0.1) is 0 Å². The summed E-state index contributed by atoms with van der Waals surface area (Å²) >= 11 is 6.24. The number of benzene rings is 3. The van der Waals surface area contributed by atoms with Gasteiger partial charge in [-0.3, -0.25) is 4.79 Å². The molecular weight excluding hydrogens is 448 g/mol. The molecule has 0 radical (unpaired) electrons. The van der Waals surface area contributed by atoms with Gasteiger partial charge in [0.05, 0.1) is 10.6 Å². The minimum atomic E-state index is -0.930. The maximum atomic E-state index is 14.5. The SMILES string of the molecule is N#Cc1ccc(N(Cc2cccc(F)c2F)C2CCN(C(=O)c3ccc(O)cc3)C2)cc1Cl. The topological polar surface area (TPSA) is 67.6 Å². The van der Waals surface area contributed by atoms with Gasteiger partial charge in [0.2, 0.25) is 0 Å². The molecule has 1 fully saturated rings. The van der Waals surface area contributed by atoms with E-state index in [9.17, 15) is 23.9 Å². The number of hydrogen-bond acceptors (Lipinski definition) is 4. The lowest BCUT2D eigenvalue weighted by Gasteiger charge is -2.32. The van der Waals surface area contributed by atoms with Crippen molar-refractivity contribution in [2.75, 3.05) is 18.0 Å². The fourth-order valence-corrected chi connectivity index (χ4v) is 4.24. The van der Waals surface area contributed by atoms with E-state index in [1.54, 1.807) is 35.2 Å². The van der Waals surface area contributed by atoms with E-state index in [0.29, 0.717) is 36.3 Å². The van der Waals surface area contributed by atoms with Crippen molar-refractivity contribution in [3.05, 3.63) is 94.0 Å². The molecule has 5 nitrogen and oxygen atoms in total. The van der Waals surface area contributed by atoms with E-state index in [0.717, 1.165) is 6.07 Å². The number of nitriles is 1. The van der Waals surface area contributed by atoms with E-state index < -0.39 is 11.6 Å². The van der Waals surface area contributed by atoms with Crippen LogP contribution in [0.4, 0.5) is 14.5 Å².